The average molecular weight is 639 g/mol. The van der Waals surface area contributed by atoms with Crippen LogP contribution < -0.4 is 5.32 Å². The normalized spacial score (nSPS) is 16.8. The van der Waals surface area contributed by atoms with Crippen LogP contribution in [-0.4, -0.2) is 45.0 Å². The Hall–Kier alpha value is -4.46. The number of benzene rings is 2. The van der Waals surface area contributed by atoms with Crippen LogP contribution in [0, 0.1) is 17.0 Å². The number of hydrogen-bond donors (Lipinski definition) is 2. The van der Waals surface area contributed by atoms with Gasteiger partial charge in [-0.2, -0.15) is 22.0 Å². The lowest BCUT2D eigenvalue weighted by atomic mass is 9.82. The molecular formula is C31H29F7N4O3. The Kier molecular flexibility index (Phi) is 8.77. The van der Waals surface area contributed by atoms with Gasteiger partial charge in [-0.1, -0.05) is 39.0 Å². The largest absolute Gasteiger partial charge is 0.509 e. The second-order valence-corrected chi connectivity index (χ2v) is 11.7. The quantitative estimate of drug-likeness (QED) is 0.220. The summed E-state index contributed by atoms with van der Waals surface area (Å²) in [5.41, 5.74) is -4.17. The van der Waals surface area contributed by atoms with Gasteiger partial charge in [-0.25, -0.2) is 13.8 Å². The lowest BCUT2D eigenvalue weighted by Crippen LogP contribution is -2.59. The van der Waals surface area contributed by atoms with Gasteiger partial charge in [0.25, 0.3) is 17.7 Å². The highest BCUT2D eigenvalue weighted by Gasteiger charge is 2.46. The molecule has 2 N–H and O–H groups in total. The van der Waals surface area contributed by atoms with Crippen LogP contribution in [0.25, 0.3) is 11.1 Å². The Bertz CT molecular complexity index is 1660. The highest BCUT2D eigenvalue weighted by molar-refractivity contribution is 6.24. The summed E-state index contributed by atoms with van der Waals surface area (Å²) in [7, 11) is 1.42. The van der Waals surface area contributed by atoms with Gasteiger partial charge < -0.3 is 10.4 Å². The van der Waals surface area contributed by atoms with Crippen LogP contribution in [0.2, 0.25) is 0 Å². The minimum atomic E-state index is -4.81. The molecule has 0 spiro atoms. The lowest BCUT2D eigenvalue weighted by molar-refractivity contribution is -0.158. The second-order valence-electron chi connectivity index (χ2n) is 11.7. The van der Waals surface area contributed by atoms with E-state index in [9.17, 15) is 45.4 Å². The minimum absolute atomic E-state index is 0.0620. The molecule has 0 radical (unpaired) electrons. The number of aliphatic hydroxyl groups excluding tert-OH is 1. The molecule has 0 fully saturated rings. The molecule has 0 aliphatic carbocycles. The first-order valence-corrected chi connectivity index (χ1v) is 13.5. The molecular weight excluding hydrogens is 609 g/mol. The number of anilines is 1. The van der Waals surface area contributed by atoms with E-state index in [1.807, 2.05) is 0 Å². The standard InChI is InChI=1S/C31H29F7N4O3/c1-29(2,3)26-25(43)23(28(45)42(41(26)5)15-17-7-6-8-20(32)24(17)33)27(44)40-21-11-10-18(31(36,37)38)13-19(21)16-9-12-22(39-14-16)30(4,34)35/h6-14,26,43H,15H2,1-5H3,(H,40,44). The summed E-state index contributed by atoms with van der Waals surface area (Å²) in [5.74, 6) is -8.68. The number of likely N-dealkylation sites (N-methyl/N-ethyl adjacent to an activating group) is 1. The molecule has 2 heterocycles. The van der Waals surface area contributed by atoms with Gasteiger partial charge in [0.05, 0.1) is 18.2 Å². The topological polar surface area (TPSA) is 85.8 Å². The molecule has 14 heteroatoms. The van der Waals surface area contributed by atoms with Gasteiger partial charge in [0.15, 0.2) is 11.6 Å². The third-order valence-electron chi connectivity index (χ3n) is 7.24. The van der Waals surface area contributed by atoms with E-state index in [4.69, 9.17) is 0 Å². The Morgan fingerprint density at radius 1 is 1.00 bits per heavy atom. The van der Waals surface area contributed by atoms with Gasteiger partial charge in [-0.3, -0.25) is 19.6 Å². The van der Waals surface area contributed by atoms with Crippen molar-refractivity contribution in [3.8, 4) is 11.1 Å². The second kappa shape index (κ2) is 11.8. The van der Waals surface area contributed by atoms with Gasteiger partial charge in [0.1, 0.15) is 17.0 Å². The molecule has 7 nitrogen and oxygen atoms in total. The maximum Gasteiger partial charge on any atom is 0.416 e. The number of halogens is 7. The number of pyridine rings is 1. The number of carbonyl (C=O) groups excluding carboxylic acids is 2. The maximum absolute atomic E-state index is 14.6. The van der Waals surface area contributed by atoms with Crippen molar-refractivity contribution in [2.75, 3.05) is 12.4 Å². The zero-order chi connectivity index (χ0) is 33.6. The molecule has 2 aromatic carbocycles. The highest BCUT2D eigenvalue weighted by atomic mass is 19.4. The Labute approximate surface area is 253 Å². The Morgan fingerprint density at radius 3 is 2.22 bits per heavy atom. The fourth-order valence-corrected chi connectivity index (χ4v) is 5.10. The molecule has 2 amide bonds. The van der Waals surface area contributed by atoms with Gasteiger partial charge in [0, 0.05) is 42.5 Å². The van der Waals surface area contributed by atoms with E-state index in [2.05, 4.69) is 10.3 Å². The summed E-state index contributed by atoms with van der Waals surface area (Å²) in [6.07, 6.45) is -3.89. The van der Waals surface area contributed by atoms with E-state index in [1.54, 1.807) is 20.8 Å². The molecule has 3 aromatic rings. The zero-order valence-corrected chi connectivity index (χ0v) is 24.7. The molecule has 1 aliphatic heterocycles. The predicted octanol–water partition coefficient (Wildman–Crippen LogP) is 7.21. The van der Waals surface area contributed by atoms with Crippen molar-refractivity contribution in [2.45, 2.75) is 52.4 Å². The molecule has 1 atom stereocenters. The van der Waals surface area contributed by atoms with Crippen LogP contribution in [0.4, 0.5) is 36.4 Å². The maximum atomic E-state index is 14.6. The van der Waals surface area contributed by atoms with E-state index in [0.29, 0.717) is 19.1 Å². The molecule has 1 aromatic heterocycles. The summed E-state index contributed by atoms with van der Waals surface area (Å²) in [5, 5.41) is 15.8. The molecule has 0 saturated heterocycles. The summed E-state index contributed by atoms with van der Waals surface area (Å²) in [4.78, 5) is 31.0. The summed E-state index contributed by atoms with van der Waals surface area (Å²) in [6.45, 7) is 5.16. The van der Waals surface area contributed by atoms with E-state index >= 15 is 0 Å². The number of hydrazine groups is 1. The van der Waals surface area contributed by atoms with Gasteiger partial charge >= 0.3 is 6.18 Å². The minimum Gasteiger partial charge on any atom is -0.509 e. The number of amides is 2. The van der Waals surface area contributed by atoms with Crippen molar-refractivity contribution in [3.63, 3.8) is 0 Å². The molecule has 4 rings (SSSR count). The molecule has 240 valence electrons. The van der Waals surface area contributed by atoms with E-state index in [1.165, 1.54) is 24.2 Å². The van der Waals surface area contributed by atoms with Crippen LogP contribution >= 0.6 is 0 Å². The Morgan fingerprint density at radius 2 is 1.67 bits per heavy atom. The zero-order valence-electron chi connectivity index (χ0n) is 24.7. The van der Waals surface area contributed by atoms with Crippen molar-refractivity contribution < 1.29 is 45.4 Å². The van der Waals surface area contributed by atoms with E-state index < -0.39 is 76.1 Å². The van der Waals surface area contributed by atoms with Crippen LogP contribution in [0.1, 0.15) is 44.5 Å². The number of aliphatic hydroxyl groups is 1. The number of nitrogens with one attached hydrogen (secondary N) is 1. The van der Waals surface area contributed by atoms with E-state index in [0.717, 1.165) is 35.5 Å². The summed E-state index contributed by atoms with van der Waals surface area (Å²) >= 11 is 0. The summed E-state index contributed by atoms with van der Waals surface area (Å²) < 4.78 is 96.8. The van der Waals surface area contributed by atoms with Gasteiger partial charge in [-0.05, 0) is 35.7 Å². The van der Waals surface area contributed by atoms with Crippen molar-refractivity contribution in [1.29, 1.82) is 0 Å². The van der Waals surface area contributed by atoms with Crippen LogP contribution in [0.5, 0.6) is 0 Å². The number of hydrogen-bond acceptors (Lipinski definition) is 5. The number of carbonyl (C=O) groups is 2. The smallest absolute Gasteiger partial charge is 0.416 e. The molecule has 1 unspecified atom stereocenters. The third kappa shape index (κ3) is 6.80. The van der Waals surface area contributed by atoms with Gasteiger partial charge in [-0.15, -0.1) is 0 Å². The van der Waals surface area contributed by atoms with E-state index in [-0.39, 0.29) is 22.4 Å². The summed E-state index contributed by atoms with van der Waals surface area (Å²) in [6, 6.07) is 6.62. The van der Waals surface area contributed by atoms with Crippen LogP contribution in [-0.2, 0) is 28.2 Å². The fraction of sp³-hybridized carbons (Fsp3) is 0.323. The molecule has 1 aliphatic rings. The predicted molar refractivity (Wildman–Crippen MR) is 150 cm³/mol. The van der Waals surface area contributed by atoms with Crippen LogP contribution in [0.15, 0.2) is 66.1 Å². The van der Waals surface area contributed by atoms with Crippen molar-refractivity contribution in [2.24, 2.45) is 5.41 Å². The first-order chi connectivity index (χ1) is 20.7. The lowest BCUT2D eigenvalue weighted by Gasteiger charge is -2.46. The first kappa shape index (κ1) is 33.4. The number of alkyl halides is 5. The highest BCUT2D eigenvalue weighted by Crippen LogP contribution is 2.39. The number of nitrogens with zero attached hydrogens (tertiary/aromatic N) is 3. The number of rotatable bonds is 6. The van der Waals surface area contributed by atoms with Crippen LogP contribution in [0.3, 0.4) is 0 Å². The van der Waals surface area contributed by atoms with Crippen molar-refractivity contribution in [1.82, 2.24) is 15.0 Å². The Balaban J connectivity index is 1.79. The van der Waals surface area contributed by atoms with Crippen molar-refractivity contribution in [3.05, 3.63) is 94.5 Å². The fourth-order valence-electron chi connectivity index (χ4n) is 5.10. The first-order valence-electron chi connectivity index (χ1n) is 13.5. The molecule has 0 bridgehead atoms. The SMILES string of the molecule is CN1C(C(C)(C)C)C(O)=C(C(=O)Nc2ccc(C(F)(F)F)cc2-c2ccc(C(C)(F)F)nc2)C(=O)N1Cc1cccc(F)c1F. The monoisotopic (exact) mass is 638 g/mol. The average Bonchev–Trinajstić information content (AvgIpc) is 2.91. The third-order valence-corrected chi connectivity index (χ3v) is 7.24. The number of aromatic nitrogens is 1. The molecule has 0 saturated carbocycles. The van der Waals surface area contributed by atoms with Gasteiger partial charge in [0.2, 0.25) is 0 Å². The molecule has 45 heavy (non-hydrogen) atoms. The van der Waals surface area contributed by atoms with Crippen molar-refractivity contribution >= 4 is 17.5 Å².